The van der Waals surface area contributed by atoms with Crippen LogP contribution in [-0.2, 0) is 71.4 Å². The average Bonchev–Trinajstić information content (AvgIpc) is 3.09. The fraction of sp³-hybridized carbons (Fsp3) is 0.559. The Hall–Kier alpha value is -4.80. The van der Waals surface area contributed by atoms with Gasteiger partial charge in [-0.1, -0.05) is 23.6 Å². The Morgan fingerprint density at radius 1 is 0.962 bits per heavy atom. The van der Waals surface area contributed by atoms with Crippen LogP contribution in [0.25, 0.3) is 0 Å². The SMILES string of the molecule is C#CCOCCOCCO[C@]1(C(=O)OC)C[C@H](OC(C)=O)[C@@H](NC(=O)COC(C)=O)[C@H]([C@H](OC(C)=O)[C@@H](CNC(=O)c2cccc(Cl)c2)OC(C)=O)O1. The Bertz CT molecular complexity index is 1500. The molecule has 6 atom stereocenters. The van der Waals surface area contributed by atoms with Crippen LogP contribution < -0.4 is 10.6 Å². The Labute approximate surface area is 310 Å². The van der Waals surface area contributed by atoms with Crippen LogP contribution >= 0.6 is 11.6 Å². The van der Waals surface area contributed by atoms with E-state index in [-0.39, 0.29) is 43.6 Å². The maximum absolute atomic E-state index is 13.5. The highest BCUT2D eigenvalue weighted by molar-refractivity contribution is 6.30. The van der Waals surface area contributed by atoms with Crippen LogP contribution in [0.4, 0.5) is 0 Å². The van der Waals surface area contributed by atoms with Crippen molar-refractivity contribution >= 4 is 53.3 Å². The third kappa shape index (κ3) is 15.0. The van der Waals surface area contributed by atoms with E-state index in [2.05, 4.69) is 16.6 Å². The highest BCUT2D eigenvalue weighted by Crippen LogP contribution is 2.37. The van der Waals surface area contributed by atoms with Crippen molar-refractivity contribution in [1.82, 2.24) is 10.6 Å². The number of carbonyl (C=O) groups is 7. The predicted molar refractivity (Wildman–Crippen MR) is 180 cm³/mol. The number of rotatable bonds is 20. The second kappa shape index (κ2) is 22.3. The molecule has 0 aliphatic carbocycles. The summed E-state index contributed by atoms with van der Waals surface area (Å²) in [6, 6.07) is 4.40. The molecular weight excluding hydrogens is 728 g/mol. The zero-order chi connectivity index (χ0) is 39.6. The number of ether oxygens (including phenoxy) is 9. The normalized spacial score (nSPS) is 20.4. The van der Waals surface area contributed by atoms with Crippen molar-refractivity contribution in [1.29, 1.82) is 0 Å². The highest BCUT2D eigenvalue weighted by atomic mass is 35.5. The van der Waals surface area contributed by atoms with Gasteiger partial charge in [0, 0.05) is 38.3 Å². The molecule has 1 aliphatic rings. The third-order valence-corrected chi connectivity index (χ3v) is 7.31. The molecule has 2 N–H and O–H groups in total. The molecule has 0 saturated carbocycles. The van der Waals surface area contributed by atoms with Gasteiger partial charge >= 0.3 is 29.8 Å². The number of methoxy groups -OCH3 is 1. The van der Waals surface area contributed by atoms with Crippen molar-refractivity contribution in [2.24, 2.45) is 0 Å². The Balaban J connectivity index is 2.64. The number of amides is 2. The maximum atomic E-state index is 13.5. The Kier molecular flexibility index (Phi) is 18.7. The molecule has 0 unspecified atom stereocenters. The van der Waals surface area contributed by atoms with Gasteiger partial charge in [-0.25, -0.2) is 4.79 Å². The number of nitrogens with one attached hydrogen (secondary N) is 2. The molecule has 53 heavy (non-hydrogen) atoms. The van der Waals surface area contributed by atoms with Crippen LogP contribution in [0.5, 0.6) is 0 Å². The number of halogens is 1. The van der Waals surface area contributed by atoms with Crippen LogP contribution in [0.1, 0.15) is 44.5 Å². The lowest BCUT2D eigenvalue weighted by Gasteiger charge is -2.48. The summed E-state index contributed by atoms with van der Waals surface area (Å²) in [6.07, 6.45) is -2.08. The van der Waals surface area contributed by atoms with Crippen LogP contribution in [0.3, 0.4) is 0 Å². The summed E-state index contributed by atoms with van der Waals surface area (Å²) in [7, 11) is 1.02. The Morgan fingerprint density at radius 2 is 1.64 bits per heavy atom. The minimum Gasteiger partial charge on any atom is -0.465 e. The van der Waals surface area contributed by atoms with Gasteiger partial charge < -0.3 is 53.3 Å². The van der Waals surface area contributed by atoms with E-state index in [0.29, 0.717) is 0 Å². The van der Waals surface area contributed by atoms with Crippen molar-refractivity contribution in [2.75, 3.05) is 53.3 Å². The zero-order valence-electron chi connectivity index (χ0n) is 29.8. The molecule has 19 heteroatoms. The quantitative estimate of drug-likeness (QED) is 0.0784. The van der Waals surface area contributed by atoms with Gasteiger partial charge in [-0.2, -0.15) is 0 Å². The minimum absolute atomic E-state index is 0.0682. The van der Waals surface area contributed by atoms with E-state index in [4.69, 9.17) is 60.7 Å². The lowest BCUT2D eigenvalue weighted by atomic mass is 9.87. The number of hydrogen-bond acceptors (Lipinski definition) is 16. The summed E-state index contributed by atoms with van der Waals surface area (Å²) in [5.74, 6) is -6.38. The van der Waals surface area contributed by atoms with E-state index in [1.165, 1.54) is 18.2 Å². The van der Waals surface area contributed by atoms with E-state index in [1.807, 2.05) is 0 Å². The molecule has 1 aromatic carbocycles. The standard InChI is InChI=1S/C34H43ClN2O16/c1-7-11-46-12-13-47-14-15-49-34(33(44)45-6)17-26(50-21(3)39)29(37-28(42)19-48-20(2)38)31(53-34)30(52-23(5)41)27(51-22(4)40)18-36-32(43)24-9-8-10-25(35)16-24/h1,8-10,16,26-27,29-31H,11-15,17-19H2,2-6H3,(H,36,43)(H,37,42)/t26-,27+,29+,30+,31+,34+/m0/s1. The van der Waals surface area contributed by atoms with Gasteiger partial charge in [0.15, 0.2) is 18.8 Å². The van der Waals surface area contributed by atoms with Gasteiger partial charge in [0.05, 0.1) is 52.5 Å². The number of esters is 5. The lowest BCUT2D eigenvalue weighted by Crippen LogP contribution is -2.70. The molecule has 1 aromatic rings. The molecule has 18 nitrogen and oxygen atoms in total. The molecule has 2 amide bonds. The van der Waals surface area contributed by atoms with Gasteiger partial charge in [-0.3, -0.25) is 28.8 Å². The maximum Gasteiger partial charge on any atom is 0.366 e. The summed E-state index contributed by atoms with van der Waals surface area (Å²) in [5, 5.41) is 5.34. The average molecular weight is 771 g/mol. The fourth-order valence-corrected chi connectivity index (χ4v) is 5.27. The van der Waals surface area contributed by atoms with Crippen molar-refractivity contribution in [3.05, 3.63) is 34.9 Å². The first kappa shape index (κ1) is 44.4. The van der Waals surface area contributed by atoms with Gasteiger partial charge in [-0.05, 0) is 18.2 Å². The number of terminal acetylenes is 1. The molecule has 292 valence electrons. The molecular formula is C34H43ClN2O16. The van der Waals surface area contributed by atoms with Crippen LogP contribution in [0.2, 0.25) is 5.02 Å². The topological polar surface area (TPSA) is 227 Å². The summed E-state index contributed by atoms with van der Waals surface area (Å²) < 4.78 is 49.3. The molecule has 1 saturated heterocycles. The van der Waals surface area contributed by atoms with Gasteiger partial charge in [0.2, 0.25) is 0 Å². The van der Waals surface area contributed by atoms with Crippen LogP contribution in [0, 0.1) is 12.3 Å². The molecule has 1 heterocycles. The molecule has 1 fully saturated rings. The molecule has 1 aliphatic heterocycles. The van der Waals surface area contributed by atoms with Gasteiger partial charge in [0.25, 0.3) is 17.6 Å². The number of carbonyl (C=O) groups excluding carboxylic acids is 7. The largest absolute Gasteiger partial charge is 0.465 e. The van der Waals surface area contributed by atoms with E-state index in [1.54, 1.807) is 6.07 Å². The van der Waals surface area contributed by atoms with Crippen LogP contribution in [0.15, 0.2) is 24.3 Å². The van der Waals surface area contributed by atoms with E-state index < -0.39 is 97.5 Å². The number of benzene rings is 1. The Morgan fingerprint density at radius 3 is 2.25 bits per heavy atom. The second-order valence-corrected chi connectivity index (χ2v) is 11.6. The van der Waals surface area contributed by atoms with Gasteiger partial charge in [-0.15, -0.1) is 6.42 Å². The fourth-order valence-electron chi connectivity index (χ4n) is 5.08. The molecule has 0 spiro atoms. The number of hydrogen-bond donors (Lipinski definition) is 2. The predicted octanol–water partition coefficient (Wildman–Crippen LogP) is 0.254. The summed E-state index contributed by atoms with van der Waals surface area (Å²) in [5.41, 5.74) is 0.130. The minimum atomic E-state index is -2.43. The molecule has 0 aromatic heterocycles. The zero-order valence-corrected chi connectivity index (χ0v) is 30.6. The van der Waals surface area contributed by atoms with Crippen molar-refractivity contribution in [2.45, 2.75) is 70.4 Å². The first-order valence-electron chi connectivity index (χ1n) is 16.1. The third-order valence-electron chi connectivity index (χ3n) is 7.08. The lowest BCUT2D eigenvalue weighted by molar-refractivity contribution is -0.315. The monoisotopic (exact) mass is 770 g/mol. The van der Waals surface area contributed by atoms with Crippen molar-refractivity contribution in [3.63, 3.8) is 0 Å². The van der Waals surface area contributed by atoms with Crippen molar-refractivity contribution in [3.8, 4) is 12.3 Å². The van der Waals surface area contributed by atoms with E-state index in [0.717, 1.165) is 34.8 Å². The summed E-state index contributed by atoms with van der Waals surface area (Å²) in [4.78, 5) is 88.6. The van der Waals surface area contributed by atoms with E-state index in [9.17, 15) is 33.6 Å². The summed E-state index contributed by atoms with van der Waals surface area (Å²) >= 11 is 6.03. The smallest absolute Gasteiger partial charge is 0.366 e. The molecule has 2 rings (SSSR count). The van der Waals surface area contributed by atoms with Crippen LogP contribution in [-0.4, -0.2) is 131 Å². The van der Waals surface area contributed by atoms with Gasteiger partial charge in [0.1, 0.15) is 18.8 Å². The van der Waals surface area contributed by atoms with E-state index >= 15 is 0 Å². The molecule has 0 bridgehead atoms. The molecule has 0 radical (unpaired) electrons. The summed E-state index contributed by atoms with van der Waals surface area (Å²) in [6.45, 7) is 2.72. The second-order valence-electron chi connectivity index (χ2n) is 11.2. The first-order valence-corrected chi connectivity index (χ1v) is 16.5. The highest BCUT2D eigenvalue weighted by Gasteiger charge is 2.59. The van der Waals surface area contributed by atoms with Crippen molar-refractivity contribution < 1.29 is 76.2 Å². The first-order chi connectivity index (χ1) is 25.1.